The maximum absolute atomic E-state index is 9.92. The van der Waals surface area contributed by atoms with Gasteiger partial charge in [-0.25, -0.2) is 19.3 Å². The molecule has 4 heterocycles. The number of hydrogen-bond donors (Lipinski definition) is 1. The Bertz CT molecular complexity index is 942. The largest absolute Gasteiger partial charge is 0.391 e. The lowest BCUT2D eigenvalue weighted by Crippen LogP contribution is -2.25. The number of β-amino-alcohol motifs (C(OH)–C–C–N with tert-alkyl or cyclic N) is 1. The molecule has 0 spiro atoms. The zero-order valence-corrected chi connectivity index (χ0v) is 15.3. The number of fused-ring (bicyclic) bond motifs is 1. The molecule has 1 unspecified atom stereocenters. The van der Waals surface area contributed by atoms with Crippen molar-refractivity contribution in [2.24, 2.45) is 0 Å². The molecule has 0 aliphatic carbocycles. The van der Waals surface area contributed by atoms with Crippen molar-refractivity contribution in [1.82, 2.24) is 35.3 Å². The van der Waals surface area contributed by atoms with Gasteiger partial charge < -0.3 is 10.0 Å². The maximum atomic E-state index is 9.92. The molecule has 1 saturated heterocycles. The summed E-state index contributed by atoms with van der Waals surface area (Å²) in [6.45, 7) is 9.67. The van der Waals surface area contributed by atoms with Gasteiger partial charge in [0.05, 0.1) is 12.6 Å². The fourth-order valence-corrected chi connectivity index (χ4v) is 2.97. The van der Waals surface area contributed by atoms with Crippen LogP contribution in [0.5, 0.6) is 0 Å². The van der Waals surface area contributed by atoms with Gasteiger partial charge in [-0.1, -0.05) is 36.3 Å². The second-order valence-corrected chi connectivity index (χ2v) is 7.72. The molecule has 138 valence electrons. The highest BCUT2D eigenvalue weighted by atomic mass is 16.6. The van der Waals surface area contributed by atoms with E-state index >= 15 is 0 Å². The topological polar surface area (TPSA) is 119 Å². The molecule has 1 N–H and O–H groups in total. The van der Waals surface area contributed by atoms with Gasteiger partial charge in [0.1, 0.15) is 17.2 Å². The van der Waals surface area contributed by atoms with Crippen LogP contribution in [0.4, 0.5) is 5.82 Å². The highest BCUT2D eigenvalue weighted by Gasteiger charge is 2.29. The molecule has 1 fully saturated rings. The summed E-state index contributed by atoms with van der Waals surface area (Å²) in [4.78, 5) is 11.5. The molecule has 0 radical (unpaired) electrons. The predicted octanol–water partition coefficient (Wildman–Crippen LogP) is 0.830. The smallest absolute Gasteiger partial charge is 0.184 e. The fourth-order valence-electron chi connectivity index (χ4n) is 2.97. The molecule has 10 heteroatoms. The number of aliphatic hydroxyl groups is 1. The second-order valence-electron chi connectivity index (χ2n) is 7.72. The summed E-state index contributed by atoms with van der Waals surface area (Å²) >= 11 is 0. The monoisotopic (exact) mass is 358 g/mol. The van der Waals surface area contributed by atoms with Crippen molar-refractivity contribution in [3.63, 3.8) is 0 Å². The van der Waals surface area contributed by atoms with Crippen LogP contribution < -0.4 is 4.90 Å². The lowest BCUT2D eigenvalue weighted by atomic mass is 9.96. The third kappa shape index (κ3) is 2.90. The van der Waals surface area contributed by atoms with Gasteiger partial charge in [-0.05, 0) is 13.3 Å². The van der Waals surface area contributed by atoms with Crippen molar-refractivity contribution in [3.8, 4) is 0 Å². The summed E-state index contributed by atoms with van der Waals surface area (Å²) in [5, 5.41) is 26.2. The van der Waals surface area contributed by atoms with E-state index in [1.54, 1.807) is 4.68 Å². The third-order valence-electron chi connectivity index (χ3n) is 4.52. The van der Waals surface area contributed by atoms with Gasteiger partial charge in [-0.2, -0.15) is 0 Å². The number of nitrogens with zero attached hydrogens (tertiary/aromatic N) is 8. The van der Waals surface area contributed by atoms with E-state index in [4.69, 9.17) is 14.6 Å². The Hall–Kier alpha value is -2.62. The van der Waals surface area contributed by atoms with E-state index in [9.17, 15) is 5.11 Å². The number of hydrogen-bond acceptors (Lipinski definition) is 9. The zero-order valence-electron chi connectivity index (χ0n) is 15.3. The number of rotatable bonds is 3. The van der Waals surface area contributed by atoms with Crippen LogP contribution in [0.1, 0.15) is 44.4 Å². The van der Waals surface area contributed by atoms with Crippen LogP contribution >= 0.6 is 0 Å². The molecular formula is C16H22N8O2. The van der Waals surface area contributed by atoms with Crippen molar-refractivity contribution in [1.29, 1.82) is 0 Å². The number of aliphatic hydroxyl groups excluding tert-OH is 1. The van der Waals surface area contributed by atoms with Crippen LogP contribution in [0.3, 0.4) is 0 Å². The van der Waals surface area contributed by atoms with E-state index in [-0.39, 0.29) is 11.5 Å². The van der Waals surface area contributed by atoms with Gasteiger partial charge in [-0.3, -0.25) is 0 Å². The first kappa shape index (κ1) is 16.8. The molecule has 3 aromatic heterocycles. The first-order valence-electron chi connectivity index (χ1n) is 8.65. The molecule has 1 atom stereocenters. The first-order chi connectivity index (χ1) is 12.3. The van der Waals surface area contributed by atoms with Gasteiger partial charge >= 0.3 is 0 Å². The molecule has 0 amide bonds. The molecule has 0 saturated carbocycles. The lowest BCUT2D eigenvalue weighted by Gasteiger charge is -2.21. The second kappa shape index (κ2) is 5.97. The Morgan fingerprint density at radius 2 is 2.04 bits per heavy atom. The summed E-state index contributed by atoms with van der Waals surface area (Å²) < 4.78 is 6.46. The quantitative estimate of drug-likeness (QED) is 0.726. The van der Waals surface area contributed by atoms with Crippen molar-refractivity contribution < 1.29 is 9.74 Å². The highest BCUT2D eigenvalue weighted by Crippen LogP contribution is 2.29. The van der Waals surface area contributed by atoms with Crippen molar-refractivity contribution in [2.75, 3.05) is 18.0 Å². The average Bonchev–Trinajstić information content (AvgIpc) is 3.28. The van der Waals surface area contributed by atoms with Crippen molar-refractivity contribution >= 4 is 17.0 Å². The van der Waals surface area contributed by atoms with E-state index in [0.29, 0.717) is 47.9 Å². The maximum Gasteiger partial charge on any atom is 0.184 e. The van der Waals surface area contributed by atoms with Gasteiger partial charge in [-0.15, -0.1) is 5.10 Å². The predicted molar refractivity (Wildman–Crippen MR) is 92.8 cm³/mol. The molecule has 1 aliphatic heterocycles. The number of aryl methyl sites for hydroxylation is 1. The van der Waals surface area contributed by atoms with E-state index in [1.165, 1.54) is 0 Å². The lowest BCUT2D eigenvalue weighted by molar-refractivity contribution is 0.198. The van der Waals surface area contributed by atoms with E-state index in [2.05, 4.69) is 41.4 Å². The number of aromatic nitrogens is 7. The molecule has 10 nitrogen and oxygen atoms in total. The summed E-state index contributed by atoms with van der Waals surface area (Å²) in [6, 6.07) is 0. The average molecular weight is 358 g/mol. The normalized spacial score (nSPS) is 18.2. The Labute approximate surface area is 150 Å². The number of anilines is 1. The first-order valence-corrected chi connectivity index (χ1v) is 8.65. The highest BCUT2D eigenvalue weighted by molar-refractivity contribution is 5.83. The Balaban J connectivity index is 1.84. The zero-order chi connectivity index (χ0) is 18.5. The molecular weight excluding hydrogens is 336 g/mol. The van der Waals surface area contributed by atoms with Crippen LogP contribution in [-0.4, -0.2) is 59.6 Å². The molecule has 26 heavy (non-hydrogen) atoms. The molecule has 3 aromatic rings. The summed E-state index contributed by atoms with van der Waals surface area (Å²) in [5.74, 6) is 1.43. The molecule has 1 aliphatic rings. The van der Waals surface area contributed by atoms with Crippen LogP contribution in [-0.2, 0) is 12.0 Å². The van der Waals surface area contributed by atoms with Crippen LogP contribution in [0.25, 0.3) is 11.2 Å². The van der Waals surface area contributed by atoms with E-state index in [1.807, 2.05) is 11.8 Å². The van der Waals surface area contributed by atoms with Gasteiger partial charge in [0.2, 0.25) is 0 Å². The summed E-state index contributed by atoms with van der Waals surface area (Å²) in [5.41, 5.74) is 2.43. The van der Waals surface area contributed by atoms with E-state index in [0.717, 1.165) is 12.4 Å². The SMILES string of the molecule is Cc1nonc1Cn1nnc2c(N3CCC(O)C3)nc(C(C)(C)C)nc21. The minimum Gasteiger partial charge on any atom is -0.391 e. The fraction of sp³-hybridized carbons (Fsp3) is 0.625. The minimum absolute atomic E-state index is 0.234. The van der Waals surface area contributed by atoms with Crippen LogP contribution in [0, 0.1) is 6.92 Å². The summed E-state index contributed by atoms with van der Waals surface area (Å²) in [6.07, 6.45) is 0.367. The van der Waals surface area contributed by atoms with Crippen molar-refractivity contribution in [2.45, 2.75) is 52.2 Å². The van der Waals surface area contributed by atoms with Crippen molar-refractivity contribution in [3.05, 3.63) is 17.2 Å². The molecule has 4 rings (SSSR count). The third-order valence-corrected chi connectivity index (χ3v) is 4.52. The summed E-state index contributed by atoms with van der Waals surface area (Å²) in [7, 11) is 0. The molecule has 0 aromatic carbocycles. The van der Waals surface area contributed by atoms with E-state index < -0.39 is 0 Å². The van der Waals surface area contributed by atoms with Crippen LogP contribution in [0.15, 0.2) is 4.63 Å². The minimum atomic E-state index is -0.350. The van der Waals surface area contributed by atoms with Crippen LogP contribution in [0.2, 0.25) is 0 Å². The Morgan fingerprint density at radius 3 is 2.65 bits per heavy atom. The standard InChI is InChI=1S/C16H22N8O2/c1-9-11(21-26-20-9)8-24-14-12(19-22-24)13(23-6-5-10(25)7-23)17-15(18-14)16(2,3)4/h10,25H,5-8H2,1-4H3. The molecule has 0 bridgehead atoms. The van der Waals surface area contributed by atoms with Gasteiger partial charge in [0, 0.05) is 18.5 Å². The van der Waals surface area contributed by atoms with Gasteiger partial charge in [0.25, 0.3) is 0 Å². The van der Waals surface area contributed by atoms with Gasteiger partial charge in [0.15, 0.2) is 17.0 Å². The Morgan fingerprint density at radius 1 is 1.23 bits per heavy atom. The Kier molecular flexibility index (Phi) is 3.87.